The molecule has 2 aliphatic rings. The van der Waals surface area contributed by atoms with Crippen molar-refractivity contribution in [2.75, 3.05) is 0 Å². The van der Waals surface area contributed by atoms with Crippen LogP contribution in [0.5, 0.6) is 0 Å². The number of nitrogens with one attached hydrogen (secondary N) is 1. The van der Waals surface area contributed by atoms with Crippen LogP contribution in [0.3, 0.4) is 0 Å². The monoisotopic (exact) mass is 263 g/mol. The van der Waals surface area contributed by atoms with E-state index in [9.17, 15) is 9.59 Å². The molecule has 2 amide bonds. The molecule has 0 aliphatic carbocycles. The number of hydrogen-bond acceptors (Lipinski definition) is 2. The maximum Gasteiger partial charge on any atom is 0.230 e. The van der Waals surface area contributed by atoms with Gasteiger partial charge in [-0.1, -0.05) is 47.4 Å². The van der Waals surface area contributed by atoms with Crippen LogP contribution in [0.2, 0.25) is 11.6 Å². The maximum atomic E-state index is 12.5. The van der Waals surface area contributed by atoms with Crippen LogP contribution < -0.4 is 5.32 Å². The first kappa shape index (κ1) is 14.6. The second kappa shape index (κ2) is 4.36. The van der Waals surface area contributed by atoms with E-state index in [0.717, 1.165) is 32.9 Å². The lowest BCUT2D eigenvalue weighted by molar-refractivity contribution is -0.129. The van der Waals surface area contributed by atoms with Gasteiger partial charge in [0.15, 0.2) is 0 Å². The molecule has 3 nitrogen and oxygen atoms in total. The highest BCUT2D eigenvalue weighted by Gasteiger charge is 2.71. The smallest absolute Gasteiger partial charge is 0.230 e. The third kappa shape index (κ3) is 1.58. The summed E-state index contributed by atoms with van der Waals surface area (Å²) in [5.41, 5.74) is -0.0907. The Hall–Kier alpha value is -0.795. The number of hydrogen-bond donors (Lipinski definition) is 1. The molecule has 0 aromatic heterocycles. The summed E-state index contributed by atoms with van der Waals surface area (Å²) in [4.78, 5) is 24.9. The predicted molar refractivity (Wildman–Crippen MR) is 78.4 cm³/mol. The van der Waals surface area contributed by atoms with Crippen LogP contribution >= 0.6 is 0 Å². The Kier molecular flexibility index (Phi) is 3.35. The lowest BCUT2D eigenvalue weighted by atomic mass is 9.22. The Bertz CT molecular complexity index is 414. The normalized spacial score (nSPS) is 38.1. The van der Waals surface area contributed by atoms with Gasteiger partial charge in [-0.3, -0.25) is 14.9 Å². The molecule has 1 spiro atoms. The van der Waals surface area contributed by atoms with Gasteiger partial charge in [-0.05, 0) is 23.7 Å². The summed E-state index contributed by atoms with van der Waals surface area (Å²) in [5, 5.41) is 2.20. The average molecular weight is 263 g/mol. The molecule has 3 atom stereocenters. The molecule has 0 bridgehead atoms. The summed E-state index contributed by atoms with van der Waals surface area (Å²) in [6, 6.07) is 0. The zero-order chi connectivity index (χ0) is 14.5. The summed E-state index contributed by atoms with van der Waals surface area (Å²) in [7, 11) is 0.870. The largest absolute Gasteiger partial charge is 0.296 e. The van der Waals surface area contributed by atoms with Crippen molar-refractivity contribution in [1.82, 2.24) is 5.32 Å². The Morgan fingerprint density at radius 3 is 2.26 bits per heavy atom. The first-order valence-corrected chi connectivity index (χ1v) is 7.66. The topological polar surface area (TPSA) is 46.2 Å². The Morgan fingerprint density at radius 2 is 1.89 bits per heavy atom. The summed E-state index contributed by atoms with van der Waals surface area (Å²) >= 11 is 0. The van der Waals surface area contributed by atoms with Crippen LogP contribution in [0.15, 0.2) is 0 Å². The number of imide groups is 1. The Morgan fingerprint density at radius 1 is 1.32 bits per heavy atom. The van der Waals surface area contributed by atoms with Crippen molar-refractivity contribution in [2.45, 2.75) is 65.5 Å². The zero-order valence-corrected chi connectivity index (χ0v) is 12.9. The van der Waals surface area contributed by atoms with Crippen molar-refractivity contribution in [1.29, 1.82) is 0 Å². The van der Waals surface area contributed by atoms with E-state index in [1.165, 1.54) is 0 Å². The highest BCUT2D eigenvalue weighted by atomic mass is 16.2. The minimum atomic E-state index is -0.445. The molecule has 106 valence electrons. The van der Waals surface area contributed by atoms with Crippen LogP contribution in [-0.4, -0.2) is 19.1 Å². The Balaban J connectivity index is 2.52. The van der Waals surface area contributed by atoms with Crippen LogP contribution in [0.4, 0.5) is 0 Å². The Labute approximate surface area is 117 Å². The summed E-state index contributed by atoms with van der Waals surface area (Å²) < 4.78 is 0. The van der Waals surface area contributed by atoms with Crippen LogP contribution in [0, 0.1) is 16.7 Å². The van der Waals surface area contributed by atoms with E-state index in [2.05, 4.69) is 39.9 Å². The fourth-order valence-corrected chi connectivity index (χ4v) is 4.41. The van der Waals surface area contributed by atoms with Gasteiger partial charge in [0.05, 0.1) is 5.92 Å². The molecule has 2 rings (SSSR count). The highest BCUT2D eigenvalue weighted by Crippen LogP contribution is 2.69. The quantitative estimate of drug-likeness (QED) is 0.625. The van der Waals surface area contributed by atoms with E-state index >= 15 is 0 Å². The molecule has 0 aromatic rings. The van der Waals surface area contributed by atoms with Gasteiger partial charge in [0, 0.05) is 5.31 Å². The lowest BCUT2D eigenvalue weighted by Crippen LogP contribution is -2.58. The van der Waals surface area contributed by atoms with E-state index in [-0.39, 0.29) is 28.6 Å². The molecule has 4 heteroatoms. The number of rotatable bonds is 4. The van der Waals surface area contributed by atoms with Crippen molar-refractivity contribution in [3.63, 3.8) is 0 Å². The third-order valence-corrected chi connectivity index (χ3v) is 6.64. The molecule has 2 fully saturated rings. The van der Waals surface area contributed by atoms with Gasteiger partial charge in [0.2, 0.25) is 11.8 Å². The van der Waals surface area contributed by atoms with Crippen molar-refractivity contribution in [3.8, 4) is 0 Å². The van der Waals surface area contributed by atoms with Crippen LogP contribution in [0.1, 0.15) is 53.9 Å². The molecular formula is C15H26BNO2. The first-order chi connectivity index (χ1) is 8.81. The summed E-state index contributed by atoms with van der Waals surface area (Å²) in [6.07, 6.45) is 3.91. The second-order valence-corrected chi connectivity index (χ2v) is 7.00. The van der Waals surface area contributed by atoms with Gasteiger partial charge in [-0.2, -0.15) is 0 Å². The van der Waals surface area contributed by atoms with E-state index in [1.807, 2.05) is 0 Å². The summed E-state index contributed by atoms with van der Waals surface area (Å²) in [5.74, 6) is -0.192. The fraction of sp³-hybridized carbons (Fsp3) is 0.867. The molecule has 2 heterocycles. The zero-order valence-electron chi connectivity index (χ0n) is 12.9. The van der Waals surface area contributed by atoms with Crippen molar-refractivity contribution in [3.05, 3.63) is 0 Å². The highest BCUT2D eigenvalue weighted by molar-refractivity contribution is 6.55. The molecule has 2 aliphatic heterocycles. The van der Waals surface area contributed by atoms with E-state index in [1.54, 1.807) is 0 Å². The molecule has 1 N–H and O–H groups in total. The van der Waals surface area contributed by atoms with Crippen LogP contribution in [0.25, 0.3) is 0 Å². The van der Waals surface area contributed by atoms with Gasteiger partial charge in [-0.25, -0.2) is 0 Å². The lowest BCUT2D eigenvalue weighted by Gasteiger charge is -2.59. The minimum absolute atomic E-state index is 0.00812. The minimum Gasteiger partial charge on any atom is -0.296 e. The fourth-order valence-electron chi connectivity index (χ4n) is 4.41. The molecule has 3 unspecified atom stereocenters. The number of carbonyl (C=O) groups is 2. The molecular weight excluding hydrogens is 237 g/mol. The predicted octanol–water partition coefficient (Wildman–Crippen LogP) is 2.53. The van der Waals surface area contributed by atoms with Gasteiger partial charge in [0.25, 0.3) is 0 Å². The van der Waals surface area contributed by atoms with E-state index < -0.39 is 5.31 Å². The van der Waals surface area contributed by atoms with E-state index in [0.29, 0.717) is 0 Å². The number of carbonyl (C=O) groups excluding carboxylic acids is 2. The average Bonchev–Trinajstić information content (AvgIpc) is 2.69. The molecule has 2 saturated heterocycles. The van der Waals surface area contributed by atoms with Gasteiger partial charge >= 0.3 is 0 Å². The molecule has 0 saturated carbocycles. The van der Waals surface area contributed by atoms with E-state index in [4.69, 9.17) is 0 Å². The number of amides is 2. The molecule has 0 aromatic carbocycles. The third-order valence-electron chi connectivity index (χ3n) is 6.64. The summed E-state index contributed by atoms with van der Waals surface area (Å²) in [6.45, 7) is 10.8. The molecule has 0 radical (unpaired) electrons. The SMILES string of the molecule is CCC(C)(CC)C1C(=O)NC(=O)C12BCC2(C)CC. The maximum absolute atomic E-state index is 12.5. The van der Waals surface area contributed by atoms with Gasteiger partial charge in [-0.15, -0.1) is 0 Å². The van der Waals surface area contributed by atoms with Gasteiger partial charge < -0.3 is 0 Å². The standard InChI is InChI=1S/C15H26BNO2/c1-6-13(4,7-2)10-11(18)17-12(19)15(10)14(5,8-3)9-16-15/h10,16H,6-9H2,1-5H3,(H,17,18,19). The van der Waals surface area contributed by atoms with Crippen LogP contribution in [-0.2, 0) is 9.59 Å². The van der Waals surface area contributed by atoms with Gasteiger partial charge in [0.1, 0.15) is 7.28 Å². The van der Waals surface area contributed by atoms with Crippen molar-refractivity contribution >= 4 is 19.1 Å². The van der Waals surface area contributed by atoms with Crippen molar-refractivity contribution < 1.29 is 9.59 Å². The van der Waals surface area contributed by atoms with Crippen molar-refractivity contribution in [2.24, 2.45) is 16.7 Å². The first-order valence-electron chi connectivity index (χ1n) is 7.66. The second-order valence-electron chi connectivity index (χ2n) is 7.00. The molecule has 19 heavy (non-hydrogen) atoms.